The standard InChI is InChI=1S/C13H23O2P/c1-12(13-8-4-2-5-9-13)15-16(14)10-6-3-7-11-16/h13H,1-11H2. The summed E-state index contributed by atoms with van der Waals surface area (Å²) < 4.78 is 18.2. The van der Waals surface area contributed by atoms with Crippen molar-refractivity contribution in [1.29, 1.82) is 0 Å². The fourth-order valence-corrected chi connectivity index (χ4v) is 5.19. The Morgan fingerprint density at radius 3 is 2.19 bits per heavy atom. The number of allylic oxidation sites excluding steroid dienone is 1. The molecular weight excluding hydrogens is 219 g/mol. The smallest absolute Gasteiger partial charge is 0.247 e. The SMILES string of the molecule is C=C(OP1(=O)CCCCC1)C1CCCCC1. The monoisotopic (exact) mass is 242 g/mol. The van der Waals surface area contributed by atoms with Gasteiger partial charge in [0.2, 0.25) is 7.37 Å². The first kappa shape index (κ1) is 12.2. The summed E-state index contributed by atoms with van der Waals surface area (Å²) in [5, 5.41) is 0. The zero-order valence-electron chi connectivity index (χ0n) is 10.1. The van der Waals surface area contributed by atoms with Gasteiger partial charge in [0.15, 0.2) is 0 Å². The topological polar surface area (TPSA) is 26.3 Å². The molecule has 1 saturated heterocycles. The Morgan fingerprint density at radius 2 is 1.56 bits per heavy atom. The summed E-state index contributed by atoms with van der Waals surface area (Å²) in [6, 6.07) is 0. The Balaban J connectivity index is 1.87. The molecular formula is C13H23O2P. The molecule has 0 radical (unpaired) electrons. The van der Waals surface area contributed by atoms with E-state index in [1.165, 1.54) is 38.5 Å². The Labute approximate surface area is 98.9 Å². The van der Waals surface area contributed by atoms with Gasteiger partial charge < -0.3 is 4.52 Å². The highest BCUT2D eigenvalue weighted by atomic mass is 31.2. The fraction of sp³-hybridized carbons (Fsp3) is 0.846. The van der Waals surface area contributed by atoms with Gasteiger partial charge in [-0.2, -0.15) is 0 Å². The number of hydrogen-bond donors (Lipinski definition) is 0. The zero-order valence-corrected chi connectivity index (χ0v) is 11.0. The van der Waals surface area contributed by atoms with E-state index in [0.717, 1.165) is 30.9 Å². The van der Waals surface area contributed by atoms with E-state index in [2.05, 4.69) is 6.58 Å². The maximum Gasteiger partial charge on any atom is 0.247 e. The number of rotatable bonds is 3. The fourth-order valence-electron chi connectivity index (χ4n) is 2.80. The predicted octanol–water partition coefficient (Wildman–Crippen LogP) is 4.56. The second-order valence-corrected chi connectivity index (χ2v) is 7.92. The molecule has 0 bridgehead atoms. The first-order chi connectivity index (χ1) is 7.70. The zero-order chi connectivity index (χ0) is 11.4. The van der Waals surface area contributed by atoms with Crippen LogP contribution in [0.1, 0.15) is 51.4 Å². The third kappa shape index (κ3) is 3.13. The lowest BCUT2D eigenvalue weighted by molar-refractivity contribution is 0.287. The van der Waals surface area contributed by atoms with E-state index in [0.29, 0.717) is 5.92 Å². The molecule has 92 valence electrons. The van der Waals surface area contributed by atoms with Gasteiger partial charge in [-0.15, -0.1) is 0 Å². The summed E-state index contributed by atoms with van der Waals surface area (Å²) in [6.07, 6.45) is 11.1. The minimum atomic E-state index is -2.34. The average Bonchev–Trinajstić information content (AvgIpc) is 2.30. The molecule has 2 nitrogen and oxygen atoms in total. The minimum absolute atomic E-state index is 0.474. The van der Waals surface area contributed by atoms with Crippen molar-refractivity contribution in [2.45, 2.75) is 51.4 Å². The first-order valence-corrected chi connectivity index (χ1v) is 8.66. The second kappa shape index (κ2) is 5.40. The summed E-state index contributed by atoms with van der Waals surface area (Å²) in [7, 11) is -2.34. The average molecular weight is 242 g/mol. The lowest BCUT2D eigenvalue weighted by Crippen LogP contribution is -2.13. The first-order valence-electron chi connectivity index (χ1n) is 6.66. The molecule has 1 heterocycles. The van der Waals surface area contributed by atoms with Crippen LogP contribution in [0.4, 0.5) is 0 Å². The lowest BCUT2D eigenvalue weighted by atomic mass is 9.88. The van der Waals surface area contributed by atoms with Crippen molar-refractivity contribution in [1.82, 2.24) is 0 Å². The maximum atomic E-state index is 12.4. The summed E-state index contributed by atoms with van der Waals surface area (Å²) in [5.41, 5.74) is 0. The van der Waals surface area contributed by atoms with E-state index in [9.17, 15) is 4.57 Å². The third-order valence-electron chi connectivity index (χ3n) is 3.84. The molecule has 0 atom stereocenters. The highest BCUT2D eigenvalue weighted by molar-refractivity contribution is 7.59. The Bertz CT molecular complexity index is 282. The molecule has 0 aromatic carbocycles. The van der Waals surface area contributed by atoms with Crippen LogP contribution >= 0.6 is 7.37 Å². The lowest BCUT2D eigenvalue weighted by Gasteiger charge is -2.29. The van der Waals surface area contributed by atoms with Gasteiger partial charge in [-0.05, 0) is 25.7 Å². The summed E-state index contributed by atoms with van der Waals surface area (Å²) in [5.74, 6) is 1.30. The normalized spacial score (nSPS) is 26.2. The van der Waals surface area contributed by atoms with Crippen LogP contribution < -0.4 is 0 Å². The van der Waals surface area contributed by atoms with Crippen LogP contribution in [0.25, 0.3) is 0 Å². The van der Waals surface area contributed by atoms with E-state index in [1.807, 2.05) is 0 Å². The van der Waals surface area contributed by atoms with Crippen LogP contribution in [0, 0.1) is 5.92 Å². The molecule has 0 amide bonds. The van der Waals surface area contributed by atoms with Crippen LogP contribution in [0.15, 0.2) is 12.3 Å². The quantitative estimate of drug-likeness (QED) is 0.535. The van der Waals surface area contributed by atoms with E-state index < -0.39 is 7.37 Å². The second-order valence-electron chi connectivity index (χ2n) is 5.21. The van der Waals surface area contributed by atoms with Crippen LogP contribution in [-0.4, -0.2) is 12.3 Å². The van der Waals surface area contributed by atoms with Crippen molar-refractivity contribution in [2.75, 3.05) is 12.3 Å². The van der Waals surface area contributed by atoms with Gasteiger partial charge in [-0.1, -0.05) is 32.3 Å². The Morgan fingerprint density at radius 1 is 1.00 bits per heavy atom. The molecule has 1 aliphatic carbocycles. The number of hydrogen-bond acceptors (Lipinski definition) is 2. The van der Waals surface area contributed by atoms with E-state index >= 15 is 0 Å². The van der Waals surface area contributed by atoms with Crippen LogP contribution in [0.5, 0.6) is 0 Å². The molecule has 0 aromatic rings. The summed E-state index contributed by atoms with van der Waals surface area (Å²) in [4.78, 5) is 0. The van der Waals surface area contributed by atoms with Crippen molar-refractivity contribution in [3.05, 3.63) is 12.3 Å². The Kier molecular flexibility index (Phi) is 4.13. The van der Waals surface area contributed by atoms with Gasteiger partial charge in [-0.3, -0.25) is 4.57 Å². The van der Waals surface area contributed by atoms with Gasteiger partial charge in [0.25, 0.3) is 0 Å². The molecule has 1 saturated carbocycles. The van der Waals surface area contributed by atoms with Crippen LogP contribution in [0.2, 0.25) is 0 Å². The largest absolute Gasteiger partial charge is 0.448 e. The molecule has 16 heavy (non-hydrogen) atoms. The Hall–Kier alpha value is -0.230. The molecule has 0 aromatic heterocycles. The minimum Gasteiger partial charge on any atom is -0.448 e. The molecule has 2 fully saturated rings. The van der Waals surface area contributed by atoms with Crippen molar-refractivity contribution in [2.24, 2.45) is 5.92 Å². The highest BCUT2D eigenvalue weighted by Crippen LogP contribution is 2.54. The van der Waals surface area contributed by atoms with E-state index in [-0.39, 0.29) is 0 Å². The summed E-state index contributed by atoms with van der Waals surface area (Å²) in [6.45, 7) is 4.02. The van der Waals surface area contributed by atoms with E-state index in [4.69, 9.17) is 4.52 Å². The van der Waals surface area contributed by atoms with Crippen molar-refractivity contribution < 1.29 is 9.09 Å². The van der Waals surface area contributed by atoms with Gasteiger partial charge in [0, 0.05) is 18.2 Å². The predicted molar refractivity (Wildman–Crippen MR) is 68.0 cm³/mol. The van der Waals surface area contributed by atoms with Gasteiger partial charge in [0.1, 0.15) is 0 Å². The van der Waals surface area contributed by atoms with Gasteiger partial charge in [-0.25, -0.2) is 0 Å². The molecule has 0 N–H and O–H groups in total. The molecule has 2 aliphatic rings. The molecule has 1 aliphatic heterocycles. The third-order valence-corrected chi connectivity index (χ3v) is 6.40. The van der Waals surface area contributed by atoms with Crippen molar-refractivity contribution in [3.63, 3.8) is 0 Å². The molecule has 0 spiro atoms. The molecule has 0 unspecified atom stereocenters. The molecule has 3 heteroatoms. The highest BCUT2D eigenvalue weighted by Gasteiger charge is 2.29. The van der Waals surface area contributed by atoms with Gasteiger partial charge in [0.05, 0.1) is 5.76 Å². The van der Waals surface area contributed by atoms with Crippen LogP contribution in [-0.2, 0) is 9.09 Å². The molecule has 2 rings (SSSR count). The van der Waals surface area contributed by atoms with E-state index in [1.54, 1.807) is 0 Å². The summed E-state index contributed by atoms with van der Waals surface area (Å²) >= 11 is 0. The van der Waals surface area contributed by atoms with Gasteiger partial charge >= 0.3 is 0 Å². The maximum absolute atomic E-state index is 12.4. The van der Waals surface area contributed by atoms with Crippen molar-refractivity contribution in [3.8, 4) is 0 Å². The van der Waals surface area contributed by atoms with Crippen LogP contribution in [0.3, 0.4) is 0 Å². The van der Waals surface area contributed by atoms with Crippen molar-refractivity contribution >= 4 is 7.37 Å².